The Bertz CT molecular complexity index is 1100. The second kappa shape index (κ2) is 6.69. The number of aromatic nitrogens is 6. The lowest BCUT2D eigenvalue weighted by molar-refractivity contribution is 0.0562. The number of para-hydroxylation sites is 1. The Balaban J connectivity index is 1.24. The number of benzene rings is 1. The molecule has 0 spiro atoms. The number of carbonyl (C=O) groups is 1. The van der Waals surface area contributed by atoms with E-state index in [0.29, 0.717) is 30.5 Å². The Hall–Kier alpha value is -3.88. The first kappa shape index (κ1) is 16.3. The smallest absolute Gasteiger partial charge is 0.276 e. The van der Waals surface area contributed by atoms with E-state index < -0.39 is 0 Å². The minimum absolute atomic E-state index is 0.0195. The van der Waals surface area contributed by atoms with Crippen LogP contribution in [0.2, 0.25) is 0 Å². The van der Waals surface area contributed by atoms with Crippen LogP contribution in [0.4, 0.5) is 0 Å². The molecule has 1 aliphatic heterocycles. The van der Waals surface area contributed by atoms with Gasteiger partial charge >= 0.3 is 0 Å². The number of pyridine rings is 1. The molecule has 1 saturated heterocycles. The van der Waals surface area contributed by atoms with Crippen LogP contribution in [0, 0.1) is 0 Å². The Kier molecular flexibility index (Phi) is 3.90. The van der Waals surface area contributed by atoms with Crippen LogP contribution in [0.1, 0.15) is 22.3 Å². The number of hydrogen-bond donors (Lipinski definition) is 0. The molecule has 1 amide bonds. The number of hydrogen-bond acceptors (Lipinski definition) is 7. The predicted octanol–water partition coefficient (Wildman–Crippen LogP) is 1.95. The van der Waals surface area contributed by atoms with Gasteiger partial charge in [-0.2, -0.15) is 14.9 Å². The van der Waals surface area contributed by atoms with Crippen molar-refractivity contribution in [2.45, 2.75) is 5.92 Å². The van der Waals surface area contributed by atoms with E-state index in [0.717, 1.165) is 11.3 Å². The second-order valence-electron chi connectivity index (χ2n) is 6.46. The third-order valence-corrected chi connectivity index (χ3v) is 4.58. The third-order valence-electron chi connectivity index (χ3n) is 4.58. The molecule has 4 aromatic rings. The van der Waals surface area contributed by atoms with E-state index in [2.05, 4.69) is 25.3 Å². The van der Waals surface area contributed by atoms with Crippen molar-refractivity contribution < 1.29 is 9.32 Å². The van der Waals surface area contributed by atoms with E-state index in [1.807, 2.05) is 42.5 Å². The van der Waals surface area contributed by atoms with E-state index >= 15 is 0 Å². The SMILES string of the molecule is O=C(c1cnn(-c2ccccc2)n1)N1CC(c2nc(-c3cccnc3)no2)C1. The summed E-state index contributed by atoms with van der Waals surface area (Å²) in [7, 11) is 0. The molecule has 0 N–H and O–H groups in total. The largest absolute Gasteiger partial charge is 0.339 e. The van der Waals surface area contributed by atoms with Crippen LogP contribution in [-0.4, -0.2) is 54.0 Å². The van der Waals surface area contributed by atoms with E-state index in [-0.39, 0.29) is 11.8 Å². The van der Waals surface area contributed by atoms with E-state index in [4.69, 9.17) is 4.52 Å². The lowest BCUT2D eigenvalue weighted by Gasteiger charge is -2.36. The number of rotatable bonds is 4. The Morgan fingerprint density at radius 3 is 2.71 bits per heavy atom. The Morgan fingerprint density at radius 2 is 1.93 bits per heavy atom. The molecule has 138 valence electrons. The van der Waals surface area contributed by atoms with Crippen molar-refractivity contribution in [1.82, 2.24) is 35.0 Å². The lowest BCUT2D eigenvalue weighted by Crippen LogP contribution is -2.48. The molecule has 0 bridgehead atoms. The van der Waals surface area contributed by atoms with E-state index in [1.165, 1.54) is 11.0 Å². The molecular weight excluding hydrogens is 358 g/mol. The maximum atomic E-state index is 12.6. The molecular formula is C19H15N7O2. The van der Waals surface area contributed by atoms with Crippen molar-refractivity contribution in [1.29, 1.82) is 0 Å². The summed E-state index contributed by atoms with van der Waals surface area (Å²) < 4.78 is 5.36. The monoisotopic (exact) mass is 373 g/mol. The van der Waals surface area contributed by atoms with Gasteiger partial charge in [-0.25, -0.2) is 0 Å². The number of amides is 1. The van der Waals surface area contributed by atoms with Crippen LogP contribution in [-0.2, 0) is 0 Å². The number of carbonyl (C=O) groups excluding carboxylic acids is 1. The fraction of sp³-hybridized carbons (Fsp3) is 0.158. The first-order valence-corrected chi connectivity index (χ1v) is 8.79. The first-order valence-electron chi connectivity index (χ1n) is 8.79. The van der Waals surface area contributed by atoms with Crippen molar-refractivity contribution in [2.75, 3.05) is 13.1 Å². The minimum Gasteiger partial charge on any atom is -0.339 e. The van der Waals surface area contributed by atoms with Gasteiger partial charge in [-0.05, 0) is 24.3 Å². The predicted molar refractivity (Wildman–Crippen MR) is 97.5 cm³/mol. The van der Waals surface area contributed by atoms with Crippen molar-refractivity contribution >= 4 is 5.91 Å². The standard InChI is InChI=1S/C19H15N7O2/c27-19(16-10-21-26(23-16)15-6-2-1-3-7-15)25-11-14(12-25)18-22-17(24-28-18)13-5-4-8-20-9-13/h1-10,14H,11-12H2. The zero-order valence-corrected chi connectivity index (χ0v) is 14.7. The maximum absolute atomic E-state index is 12.6. The highest BCUT2D eigenvalue weighted by atomic mass is 16.5. The molecule has 0 unspecified atom stereocenters. The average Bonchev–Trinajstić information content (AvgIpc) is 3.38. The molecule has 1 fully saturated rings. The van der Waals surface area contributed by atoms with Gasteiger partial charge < -0.3 is 9.42 Å². The summed E-state index contributed by atoms with van der Waals surface area (Å²) in [4.78, 5) is 24.2. The van der Waals surface area contributed by atoms with Gasteiger partial charge in [0.05, 0.1) is 17.8 Å². The molecule has 28 heavy (non-hydrogen) atoms. The third kappa shape index (κ3) is 2.92. The molecule has 0 saturated carbocycles. The summed E-state index contributed by atoms with van der Waals surface area (Å²) in [5.74, 6) is 0.881. The zero-order chi connectivity index (χ0) is 18.9. The average molecular weight is 373 g/mol. The Morgan fingerprint density at radius 1 is 1.07 bits per heavy atom. The van der Waals surface area contributed by atoms with Gasteiger partial charge in [-0.1, -0.05) is 23.4 Å². The van der Waals surface area contributed by atoms with Crippen LogP contribution >= 0.6 is 0 Å². The van der Waals surface area contributed by atoms with Gasteiger partial charge in [0.2, 0.25) is 11.7 Å². The molecule has 4 heterocycles. The van der Waals surface area contributed by atoms with E-state index in [9.17, 15) is 4.79 Å². The topological polar surface area (TPSA) is 103 Å². The summed E-state index contributed by atoms with van der Waals surface area (Å²) in [6.07, 6.45) is 4.85. The first-order chi connectivity index (χ1) is 13.8. The van der Waals surface area contributed by atoms with Crippen molar-refractivity contribution in [3.63, 3.8) is 0 Å². The summed E-state index contributed by atoms with van der Waals surface area (Å²) in [5, 5.41) is 12.5. The van der Waals surface area contributed by atoms with Crippen LogP contribution in [0.25, 0.3) is 17.1 Å². The fourth-order valence-corrected chi connectivity index (χ4v) is 3.02. The summed E-state index contributed by atoms with van der Waals surface area (Å²) in [6, 6.07) is 13.1. The molecule has 1 aromatic carbocycles. The molecule has 9 heteroatoms. The molecule has 0 aliphatic carbocycles. The zero-order valence-electron chi connectivity index (χ0n) is 14.7. The van der Waals surface area contributed by atoms with Crippen LogP contribution in [0.5, 0.6) is 0 Å². The van der Waals surface area contributed by atoms with Crippen molar-refractivity contribution in [2.24, 2.45) is 0 Å². The van der Waals surface area contributed by atoms with Crippen molar-refractivity contribution in [3.8, 4) is 17.1 Å². The van der Waals surface area contributed by atoms with Crippen LogP contribution in [0.15, 0.2) is 65.6 Å². The van der Waals surface area contributed by atoms with E-state index in [1.54, 1.807) is 17.3 Å². The second-order valence-corrected chi connectivity index (χ2v) is 6.46. The highest BCUT2D eigenvalue weighted by molar-refractivity contribution is 5.92. The van der Waals surface area contributed by atoms with Crippen LogP contribution in [0.3, 0.4) is 0 Å². The summed E-state index contributed by atoms with van der Waals surface area (Å²) in [5.41, 5.74) is 1.91. The van der Waals surface area contributed by atoms with Gasteiger partial charge in [0.15, 0.2) is 5.69 Å². The molecule has 0 atom stereocenters. The Labute approximate surface area is 159 Å². The number of nitrogens with zero attached hydrogens (tertiary/aromatic N) is 7. The highest BCUT2D eigenvalue weighted by Crippen LogP contribution is 2.28. The summed E-state index contributed by atoms with van der Waals surface area (Å²) >= 11 is 0. The lowest BCUT2D eigenvalue weighted by atomic mass is 10.00. The van der Waals surface area contributed by atoms with Crippen molar-refractivity contribution in [3.05, 3.63) is 72.6 Å². The maximum Gasteiger partial charge on any atom is 0.276 e. The summed E-state index contributed by atoms with van der Waals surface area (Å²) in [6.45, 7) is 1.01. The molecule has 9 nitrogen and oxygen atoms in total. The van der Waals surface area contributed by atoms with Gasteiger partial charge in [0.25, 0.3) is 5.91 Å². The quantitative estimate of drug-likeness (QED) is 0.539. The normalized spacial score (nSPS) is 14.1. The highest BCUT2D eigenvalue weighted by Gasteiger charge is 2.37. The number of likely N-dealkylation sites (tertiary alicyclic amines) is 1. The molecule has 1 aliphatic rings. The molecule has 0 radical (unpaired) electrons. The van der Waals surface area contributed by atoms with Gasteiger partial charge in [-0.3, -0.25) is 9.78 Å². The van der Waals surface area contributed by atoms with Gasteiger partial charge in [0.1, 0.15) is 0 Å². The molecule has 5 rings (SSSR count). The van der Waals surface area contributed by atoms with Gasteiger partial charge in [0, 0.05) is 31.0 Å². The van der Waals surface area contributed by atoms with Crippen LogP contribution < -0.4 is 0 Å². The fourth-order valence-electron chi connectivity index (χ4n) is 3.02. The molecule has 3 aromatic heterocycles. The van der Waals surface area contributed by atoms with Gasteiger partial charge in [-0.15, -0.1) is 5.10 Å². The minimum atomic E-state index is -0.162.